The predicted molar refractivity (Wildman–Crippen MR) is 88.0 cm³/mol. The van der Waals surface area contributed by atoms with Gasteiger partial charge in [0.15, 0.2) is 5.82 Å². The first-order valence-corrected chi connectivity index (χ1v) is 9.21. The Morgan fingerprint density at radius 1 is 1.33 bits per heavy atom. The Morgan fingerprint density at radius 2 is 2.08 bits per heavy atom. The van der Waals surface area contributed by atoms with Crippen LogP contribution < -0.4 is 10.1 Å². The molecule has 1 N–H and O–H groups in total. The second-order valence-electron chi connectivity index (χ2n) is 5.73. The quantitative estimate of drug-likeness (QED) is 0.837. The van der Waals surface area contributed by atoms with E-state index in [4.69, 9.17) is 4.74 Å². The first kappa shape index (κ1) is 16.9. The highest BCUT2D eigenvalue weighted by Gasteiger charge is 2.30. The number of benzene rings is 1. The van der Waals surface area contributed by atoms with Crippen molar-refractivity contribution in [2.24, 2.45) is 7.05 Å². The van der Waals surface area contributed by atoms with Crippen LogP contribution in [0.5, 0.6) is 5.75 Å². The van der Waals surface area contributed by atoms with E-state index in [-0.39, 0.29) is 17.5 Å². The number of ether oxygens (including phenoxy) is 1. The summed E-state index contributed by atoms with van der Waals surface area (Å²) in [6, 6.07) is 6.42. The smallest absolute Gasteiger partial charge is 0.243 e. The molecule has 0 aliphatic carbocycles. The van der Waals surface area contributed by atoms with E-state index in [0.29, 0.717) is 31.2 Å². The lowest BCUT2D eigenvalue weighted by Gasteiger charge is -2.32. The minimum Gasteiger partial charge on any atom is -0.486 e. The van der Waals surface area contributed by atoms with Gasteiger partial charge in [-0.2, -0.15) is 9.40 Å². The van der Waals surface area contributed by atoms with Crippen molar-refractivity contribution in [1.29, 1.82) is 0 Å². The van der Waals surface area contributed by atoms with Crippen molar-refractivity contribution in [2.45, 2.75) is 24.5 Å². The number of aryl methyl sites for hydroxylation is 1. The Labute approximate surface area is 141 Å². The van der Waals surface area contributed by atoms with E-state index in [9.17, 15) is 8.42 Å². The third-order valence-corrected chi connectivity index (χ3v) is 6.07. The lowest BCUT2D eigenvalue weighted by atomic mass is 10.3. The monoisotopic (exact) mass is 351 g/mol. The molecule has 1 aromatic carbocycles. The summed E-state index contributed by atoms with van der Waals surface area (Å²) in [5.41, 5.74) is 0. The van der Waals surface area contributed by atoms with Crippen LogP contribution in [0.4, 0.5) is 0 Å². The molecule has 1 fully saturated rings. The molecule has 1 aliphatic rings. The Balaban J connectivity index is 1.70. The second kappa shape index (κ2) is 6.88. The van der Waals surface area contributed by atoms with Gasteiger partial charge >= 0.3 is 0 Å². The Morgan fingerprint density at radius 3 is 2.71 bits per heavy atom. The molecule has 0 saturated carbocycles. The summed E-state index contributed by atoms with van der Waals surface area (Å²) in [5, 5.41) is 7.16. The predicted octanol–water partition coefficient (Wildman–Crippen LogP) is 0.377. The topological polar surface area (TPSA) is 89.3 Å². The van der Waals surface area contributed by atoms with Gasteiger partial charge < -0.3 is 10.1 Å². The molecule has 1 aliphatic heterocycles. The van der Waals surface area contributed by atoms with Crippen molar-refractivity contribution in [1.82, 2.24) is 24.4 Å². The van der Waals surface area contributed by atoms with Crippen molar-refractivity contribution < 1.29 is 13.2 Å². The molecule has 0 radical (unpaired) electrons. The van der Waals surface area contributed by atoms with E-state index in [1.54, 1.807) is 40.3 Å². The zero-order valence-electron chi connectivity index (χ0n) is 13.7. The Bertz CT molecular complexity index is 788. The Hall–Kier alpha value is -1.97. The molecule has 1 aromatic heterocycles. The minimum atomic E-state index is -3.48. The standard InChI is InChI=1S/C15H21N5O3S/c1-12-9-16-7-8-20(12)24(21,22)14-5-3-13(4-6-14)23-10-15-17-11-18-19(15)2/h3-6,11-12,16H,7-10H2,1-2H3. The highest BCUT2D eigenvalue weighted by molar-refractivity contribution is 7.89. The molecule has 0 bridgehead atoms. The van der Waals surface area contributed by atoms with Crippen molar-refractivity contribution in [2.75, 3.05) is 19.6 Å². The highest BCUT2D eigenvalue weighted by Crippen LogP contribution is 2.22. The molecular weight excluding hydrogens is 330 g/mol. The number of hydrogen-bond donors (Lipinski definition) is 1. The van der Waals surface area contributed by atoms with Gasteiger partial charge in [-0.3, -0.25) is 4.68 Å². The molecule has 3 rings (SSSR count). The van der Waals surface area contributed by atoms with Gasteiger partial charge in [-0.05, 0) is 31.2 Å². The summed E-state index contributed by atoms with van der Waals surface area (Å²) in [5.74, 6) is 1.28. The van der Waals surface area contributed by atoms with E-state index >= 15 is 0 Å². The van der Waals surface area contributed by atoms with Crippen LogP contribution in [0.1, 0.15) is 12.7 Å². The fourth-order valence-electron chi connectivity index (χ4n) is 2.62. The highest BCUT2D eigenvalue weighted by atomic mass is 32.2. The van der Waals surface area contributed by atoms with Crippen molar-refractivity contribution in [3.63, 3.8) is 0 Å². The van der Waals surface area contributed by atoms with Gasteiger partial charge in [-0.25, -0.2) is 13.4 Å². The van der Waals surface area contributed by atoms with Crippen LogP contribution in [0.25, 0.3) is 0 Å². The molecule has 24 heavy (non-hydrogen) atoms. The van der Waals surface area contributed by atoms with Crippen LogP contribution in [-0.4, -0.2) is 53.2 Å². The zero-order chi connectivity index (χ0) is 17.2. The van der Waals surface area contributed by atoms with Crippen molar-refractivity contribution in [3.8, 4) is 5.75 Å². The third-order valence-electron chi connectivity index (χ3n) is 4.04. The first-order valence-electron chi connectivity index (χ1n) is 7.77. The number of nitrogens with zero attached hydrogens (tertiary/aromatic N) is 4. The van der Waals surface area contributed by atoms with Gasteiger partial charge in [0.1, 0.15) is 18.7 Å². The lowest BCUT2D eigenvalue weighted by molar-refractivity contribution is 0.283. The average molecular weight is 351 g/mol. The van der Waals surface area contributed by atoms with E-state index in [2.05, 4.69) is 15.4 Å². The maximum absolute atomic E-state index is 12.7. The van der Waals surface area contributed by atoms with Gasteiger partial charge in [0, 0.05) is 32.7 Å². The van der Waals surface area contributed by atoms with Gasteiger partial charge in [0.05, 0.1) is 4.90 Å². The van der Waals surface area contributed by atoms with E-state index in [1.807, 2.05) is 6.92 Å². The molecule has 2 aromatic rings. The third kappa shape index (κ3) is 3.42. The summed E-state index contributed by atoms with van der Waals surface area (Å²) >= 11 is 0. The SMILES string of the molecule is CC1CNCCN1S(=O)(=O)c1ccc(OCc2ncnn2C)cc1. The molecule has 130 valence electrons. The van der Waals surface area contributed by atoms with E-state index in [1.165, 1.54) is 6.33 Å². The van der Waals surface area contributed by atoms with Crippen LogP contribution in [0.15, 0.2) is 35.5 Å². The first-order chi connectivity index (χ1) is 11.5. The van der Waals surface area contributed by atoms with Crippen LogP contribution in [0.2, 0.25) is 0 Å². The van der Waals surface area contributed by atoms with Gasteiger partial charge in [-0.1, -0.05) is 0 Å². The summed E-state index contributed by atoms with van der Waals surface area (Å²) in [6.07, 6.45) is 1.46. The normalized spacial score (nSPS) is 19.3. The number of rotatable bonds is 5. The van der Waals surface area contributed by atoms with Crippen LogP contribution in [0.3, 0.4) is 0 Å². The van der Waals surface area contributed by atoms with Crippen molar-refractivity contribution >= 4 is 10.0 Å². The molecule has 0 spiro atoms. The molecule has 0 amide bonds. The van der Waals surface area contributed by atoms with Crippen molar-refractivity contribution in [3.05, 3.63) is 36.4 Å². The molecular formula is C15H21N5O3S. The summed E-state index contributed by atoms with van der Waals surface area (Å²) in [7, 11) is -1.69. The zero-order valence-corrected chi connectivity index (χ0v) is 14.5. The fourth-order valence-corrected chi connectivity index (χ4v) is 4.25. The number of piperazine rings is 1. The molecule has 9 heteroatoms. The summed E-state index contributed by atoms with van der Waals surface area (Å²) < 4.78 is 34.3. The van der Waals surface area contributed by atoms with Gasteiger partial charge in [0.2, 0.25) is 10.0 Å². The lowest BCUT2D eigenvalue weighted by Crippen LogP contribution is -2.52. The molecule has 1 saturated heterocycles. The average Bonchev–Trinajstić information content (AvgIpc) is 2.99. The number of hydrogen-bond acceptors (Lipinski definition) is 6. The summed E-state index contributed by atoms with van der Waals surface area (Å²) in [6.45, 7) is 3.99. The molecule has 1 unspecified atom stereocenters. The summed E-state index contributed by atoms with van der Waals surface area (Å²) in [4.78, 5) is 4.36. The minimum absolute atomic E-state index is 0.0596. The maximum atomic E-state index is 12.7. The van der Waals surface area contributed by atoms with Gasteiger partial charge in [0.25, 0.3) is 0 Å². The maximum Gasteiger partial charge on any atom is 0.243 e. The number of sulfonamides is 1. The number of nitrogens with one attached hydrogen (secondary N) is 1. The largest absolute Gasteiger partial charge is 0.486 e. The molecule has 8 nitrogen and oxygen atoms in total. The molecule has 2 heterocycles. The van der Waals surface area contributed by atoms with E-state index < -0.39 is 10.0 Å². The fraction of sp³-hybridized carbons (Fsp3) is 0.467. The molecule has 1 atom stereocenters. The van der Waals surface area contributed by atoms with Crippen LogP contribution >= 0.6 is 0 Å². The van der Waals surface area contributed by atoms with Crippen LogP contribution in [0, 0.1) is 0 Å². The second-order valence-corrected chi connectivity index (χ2v) is 7.62. The van der Waals surface area contributed by atoms with Crippen LogP contribution in [-0.2, 0) is 23.7 Å². The Kier molecular flexibility index (Phi) is 4.83. The van der Waals surface area contributed by atoms with Gasteiger partial charge in [-0.15, -0.1) is 0 Å². The van der Waals surface area contributed by atoms with E-state index in [0.717, 1.165) is 0 Å². The number of aromatic nitrogens is 3.